The Hall–Kier alpha value is -0.570. The first-order valence-electron chi connectivity index (χ1n) is 5.58. The molecule has 14 heavy (non-hydrogen) atoms. The predicted molar refractivity (Wildman–Crippen MR) is 60.0 cm³/mol. The zero-order valence-electron chi connectivity index (χ0n) is 9.68. The highest BCUT2D eigenvalue weighted by Crippen LogP contribution is 2.05. The molecule has 3 nitrogen and oxygen atoms in total. The van der Waals surface area contributed by atoms with Crippen LogP contribution in [-0.2, 0) is 4.79 Å². The number of carbonyl (C=O) groups is 1. The van der Waals surface area contributed by atoms with Crippen LogP contribution in [0.2, 0.25) is 0 Å². The van der Waals surface area contributed by atoms with Crippen molar-refractivity contribution in [2.75, 3.05) is 6.54 Å². The van der Waals surface area contributed by atoms with Gasteiger partial charge in [-0.3, -0.25) is 4.79 Å². The summed E-state index contributed by atoms with van der Waals surface area (Å²) in [5.74, 6) is 0.660. The molecule has 0 fully saturated rings. The van der Waals surface area contributed by atoms with Crippen molar-refractivity contribution in [1.29, 1.82) is 0 Å². The first-order valence-corrected chi connectivity index (χ1v) is 5.58. The molecular weight excluding hydrogens is 176 g/mol. The maximum Gasteiger partial charge on any atom is 0.220 e. The lowest BCUT2D eigenvalue weighted by Crippen LogP contribution is -2.27. The SMILES string of the molecule is CCC(C)CC(=O)NCCCC(C)N. The summed E-state index contributed by atoms with van der Waals surface area (Å²) in [4.78, 5) is 11.3. The second-order valence-electron chi connectivity index (χ2n) is 4.19. The Morgan fingerprint density at radius 2 is 2.07 bits per heavy atom. The number of amides is 1. The van der Waals surface area contributed by atoms with Gasteiger partial charge in [0.1, 0.15) is 0 Å². The van der Waals surface area contributed by atoms with Crippen LogP contribution in [0.4, 0.5) is 0 Å². The molecule has 0 aromatic carbocycles. The van der Waals surface area contributed by atoms with Crippen LogP contribution in [-0.4, -0.2) is 18.5 Å². The van der Waals surface area contributed by atoms with Crippen molar-refractivity contribution in [2.45, 2.75) is 52.5 Å². The maximum atomic E-state index is 11.3. The van der Waals surface area contributed by atoms with E-state index < -0.39 is 0 Å². The van der Waals surface area contributed by atoms with E-state index >= 15 is 0 Å². The molecule has 0 bridgehead atoms. The first kappa shape index (κ1) is 13.4. The van der Waals surface area contributed by atoms with Crippen LogP contribution >= 0.6 is 0 Å². The Labute approximate surface area is 87.4 Å². The minimum atomic E-state index is 0.170. The molecule has 0 aliphatic rings. The number of hydrogen-bond donors (Lipinski definition) is 2. The van der Waals surface area contributed by atoms with Gasteiger partial charge in [0.25, 0.3) is 0 Å². The Bertz CT molecular complexity index is 157. The highest BCUT2D eigenvalue weighted by molar-refractivity contribution is 5.76. The van der Waals surface area contributed by atoms with Gasteiger partial charge in [0.2, 0.25) is 5.91 Å². The molecule has 0 saturated carbocycles. The third kappa shape index (κ3) is 8.05. The third-order valence-corrected chi connectivity index (χ3v) is 2.39. The molecule has 0 aliphatic heterocycles. The summed E-state index contributed by atoms with van der Waals surface area (Å²) < 4.78 is 0. The van der Waals surface area contributed by atoms with Crippen LogP contribution in [0.5, 0.6) is 0 Å². The average molecular weight is 200 g/mol. The summed E-state index contributed by atoms with van der Waals surface area (Å²) >= 11 is 0. The molecule has 0 saturated heterocycles. The normalized spacial score (nSPS) is 14.9. The molecule has 2 atom stereocenters. The quantitative estimate of drug-likeness (QED) is 0.614. The molecule has 0 aliphatic carbocycles. The van der Waals surface area contributed by atoms with Gasteiger partial charge in [0.15, 0.2) is 0 Å². The van der Waals surface area contributed by atoms with E-state index in [0.717, 1.165) is 25.8 Å². The van der Waals surface area contributed by atoms with Crippen LogP contribution < -0.4 is 11.1 Å². The number of carbonyl (C=O) groups excluding carboxylic acids is 1. The highest BCUT2D eigenvalue weighted by atomic mass is 16.1. The van der Waals surface area contributed by atoms with Crippen LogP contribution in [0.3, 0.4) is 0 Å². The zero-order valence-corrected chi connectivity index (χ0v) is 9.68. The largest absolute Gasteiger partial charge is 0.356 e. The van der Waals surface area contributed by atoms with Gasteiger partial charge < -0.3 is 11.1 Å². The van der Waals surface area contributed by atoms with Gasteiger partial charge in [-0.25, -0.2) is 0 Å². The fourth-order valence-corrected chi connectivity index (χ4v) is 1.18. The van der Waals surface area contributed by atoms with Crippen molar-refractivity contribution in [3.05, 3.63) is 0 Å². The fourth-order valence-electron chi connectivity index (χ4n) is 1.18. The van der Waals surface area contributed by atoms with E-state index in [2.05, 4.69) is 19.2 Å². The van der Waals surface area contributed by atoms with Gasteiger partial charge >= 0.3 is 0 Å². The molecular formula is C11H24N2O. The maximum absolute atomic E-state index is 11.3. The van der Waals surface area contributed by atoms with Gasteiger partial charge in [-0.2, -0.15) is 0 Å². The fraction of sp³-hybridized carbons (Fsp3) is 0.909. The standard InChI is InChI=1S/C11H24N2O/c1-4-9(2)8-11(14)13-7-5-6-10(3)12/h9-10H,4-8,12H2,1-3H3,(H,13,14). The summed E-state index contributed by atoms with van der Waals surface area (Å²) in [7, 11) is 0. The second-order valence-corrected chi connectivity index (χ2v) is 4.19. The lowest BCUT2D eigenvalue weighted by Gasteiger charge is -2.09. The highest BCUT2D eigenvalue weighted by Gasteiger charge is 2.06. The summed E-state index contributed by atoms with van der Waals surface area (Å²) in [6.45, 7) is 6.95. The van der Waals surface area contributed by atoms with E-state index in [1.54, 1.807) is 0 Å². The van der Waals surface area contributed by atoms with Crippen molar-refractivity contribution in [3.63, 3.8) is 0 Å². The van der Waals surface area contributed by atoms with Gasteiger partial charge in [-0.15, -0.1) is 0 Å². The van der Waals surface area contributed by atoms with Gasteiger partial charge in [-0.1, -0.05) is 20.3 Å². The van der Waals surface area contributed by atoms with Crippen molar-refractivity contribution in [2.24, 2.45) is 11.7 Å². The lowest BCUT2D eigenvalue weighted by molar-refractivity contribution is -0.121. The minimum absolute atomic E-state index is 0.170. The molecule has 0 aromatic rings. The van der Waals surface area contributed by atoms with E-state index in [-0.39, 0.29) is 11.9 Å². The predicted octanol–water partition coefficient (Wildman–Crippen LogP) is 1.67. The second kappa shape index (κ2) is 7.80. The molecule has 1 amide bonds. The van der Waals surface area contributed by atoms with Crippen LogP contribution in [0.1, 0.15) is 46.5 Å². The van der Waals surface area contributed by atoms with Crippen molar-refractivity contribution in [3.8, 4) is 0 Å². The topological polar surface area (TPSA) is 55.1 Å². The zero-order chi connectivity index (χ0) is 11.0. The molecule has 84 valence electrons. The van der Waals surface area contributed by atoms with E-state index in [9.17, 15) is 4.79 Å². The Morgan fingerprint density at radius 3 is 2.57 bits per heavy atom. The van der Waals surface area contributed by atoms with Crippen LogP contribution in [0.15, 0.2) is 0 Å². The first-order chi connectivity index (χ1) is 6.56. The number of rotatable bonds is 7. The third-order valence-electron chi connectivity index (χ3n) is 2.39. The summed E-state index contributed by atoms with van der Waals surface area (Å²) in [6, 6.07) is 0.237. The molecule has 2 unspecified atom stereocenters. The minimum Gasteiger partial charge on any atom is -0.356 e. The molecule has 0 heterocycles. The number of nitrogens with two attached hydrogens (primary N) is 1. The summed E-state index contributed by atoms with van der Waals surface area (Å²) in [5, 5.41) is 2.91. The summed E-state index contributed by atoms with van der Waals surface area (Å²) in [6.07, 6.45) is 3.66. The van der Waals surface area contributed by atoms with Crippen molar-refractivity contribution in [1.82, 2.24) is 5.32 Å². The number of hydrogen-bond acceptors (Lipinski definition) is 2. The smallest absolute Gasteiger partial charge is 0.220 e. The van der Waals surface area contributed by atoms with E-state index in [1.165, 1.54) is 0 Å². The van der Waals surface area contributed by atoms with Crippen molar-refractivity contribution >= 4 is 5.91 Å². The van der Waals surface area contributed by atoms with Crippen LogP contribution in [0, 0.1) is 5.92 Å². The van der Waals surface area contributed by atoms with E-state index in [4.69, 9.17) is 5.73 Å². The Kier molecular flexibility index (Phi) is 7.48. The lowest BCUT2D eigenvalue weighted by atomic mass is 10.1. The van der Waals surface area contributed by atoms with Gasteiger partial charge in [-0.05, 0) is 25.7 Å². The molecule has 0 spiro atoms. The molecule has 3 N–H and O–H groups in total. The van der Waals surface area contributed by atoms with E-state index in [1.807, 2.05) is 6.92 Å². The number of nitrogens with one attached hydrogen (secondary N) is 1. The molecule has 0 rings (SSSR count). The summed E-state index contributed by atoms with van der Waals surface area (Å²) in [5.41, 5.74) is 5.60. The Morgan fingerprint density at radius 1 is 1.43 bits per heavy atom. The monoisotopic (exact) mass is 200 g/mol. The molecule has 0 aromatic heterocycles. The van der Waals surface area contributed by atoms with E-state index in [0.29, 0.717) is 12.3 Å². The average Bonchev–Trinajstić information content (AvgIpc) is 2.12. The van der Waals surface area contributed by atoms with Gasteiger partial charge in [0.05, 0.1) is 0 Å². The molecule has 0 radical (unpaired) electrons. The molecule has 3 heteroatoms. The van der Waals surface area contributed by atoms with Gasteiger partial charge in [0, 0.05) is 19.0 Å². The van der Waals surface area contributed by atoms with Crippen LogP contribution in [0.25, 0.3) is 0 Å². The Balaban J connectivity index is 3.36. The van der Waals surface area contributed by atoms with Crippen molar-refractivity contribution < 1.29 is 4.79 Å².